The van der Waals surface area contributed by atoms with E-state index in [-0.39, 0.29) is 5.78 Å². The summed E-state index contributed by atoms with van der Waals surface area (Å²) in [5.74, 6) is 0.178. The van der Waals surface area contributed by atoms with Crippen LogP contribution in [0.5, 0.6) is 0 Å². The minimum Gasteiger partial charge on any atom is -0.335 e. The third-order valence-electron chi connectivity index (χ3n) is 7.96. The molecule has 4 aromatic rings. The molecule has 2 aliphatic heterocycles. The highest BCUT2D eigenvalue weighted by molar-refractivity contribution is 8.04. The van der Waals surface area contributed by atoms with Crippen LogP contribution in [0.2, 0.25) is 0 Å². The molecule has 1 saturated carbocycles. The van der Waals surface area contributed by atoms with Crippen LogP contribution in [0.1, 0.15) is 26.7 Å². The predicted octanol–water partition coefficient (Wildman–Crippen LogP) is 9.46. The lowest BCUT2D eigenvalue weighted by Crippen LogP contribution is -2.16. The molecular formula is C35H30N2OS2. The first-order valence-electron chi connectivity index (χ1n) is 14.0. The molecule has 40 heavy (non-hydrogen) atoms. The van der Waals surface area contributed by atoms with Crippen molar-refractivity contribution >= 4 is 62.2 Å². The van der Waals surface area contributed by atoms with Crippen LogP contribution in [0.3, 0.4) is 0 Å². The van der Waals surface area contributed by atoms with E-state index < -0.39 is 0 Å². The number of allylic oxidation sites excluding steroid dienone is 6. The van der Waals surface area contributed by atoms with E-state index in [1.54, 1.807) is 23.5 Å². The molecule has 198 valence electrons. The van der Waals surface area contributed by atoms with Crippen LogP contribution < -0.4 is 9.80 Å². The van der Waals surface area contributed by atoms with Gasteiger partial charge in [-0.25, -0.2) is 0 Å². The fourth-order valence-electron chi connectivity index (χ4n) is 5.99. The third kappa shape index (κ3) is 4.20. The summed E-state index contributed by atoms with van der Waals surface area (Å²) in [6.45, 7) is 6.16. The minimum absolute atomic E-state index is 0.178. The second-order valence-electron chi connectivity index (χ2n) is 10.2. The fourth-order valence-corrected chi connectivity index (χ4v) is 8.28. The Morgan fingerprint density at radius 1 is 0.625 bits per heavy atom. The van der Waals surface area contributed by atoms with Crippen LogP contribution >= 0.6 is 23.5 Å². The van der Waals surface area contributed by atoms with Gasteiger partial charge in [-0.1, -0.05) is 96.3 Å². The summed E-state index contributed by atoms with van der Waals surface area (Å²) in [7, 11) is 0. The maximum Gasteiger partial charge on any atom is 0.185 e. The van der Waals surface area contributed by atoms with Crippen molar-refractivity contribution in [2.75, 3.05) is 22.9 Å². The average molecular weight is 559 g/mol. The van der Waals surface area contributed by atoms with Crippen molar-refractivity contribution in [3.05, 3.63) is 118 Å². The van der Waals surface area contributed by atoms with Gasteiger partial charge in [0, 0.05) is 44.8 Å². The number of benzene rings is 4. The number of fused-ring (bicyclic) bond motifs is 6. The van der Waals surface area contributed by atoms with E-state index in [2.05, 4.69) is 121 Å². The number of hydrogen-bond acceptors (Lipinski definition) is 5. The molecule has 1 aliphatic carbocycles. The monoisotopic (exact) mass is 558 g/mol. The van der Waals surface area contributed by atoms with Crippen LogP contribution in [0.15, 0.2) is 128 Å². The van der Waals surface area contributed by atoms with Crippen molar-refractivity contribution in [1.29, 1.82) is 0 Å². The molecule has 1 fully saturated rings. The number of anilines is 2. The van der Waals surface area contributed by atoms with Gasteiger partial charge in [0.05, 0.1) is 21.4 Å². The first-order chi connectivity index (χ1) is 19.7. The zero-order valence-corrected chi connectivity index (χ0v) is 24.3. The largest absolute Gasteiger partial charge is 0.335 e. The molecule has 0 aromatic heterocycles. The van der Waals surface area contributed by atoms with E-state index in [1.807, 2.05) is 0 Å². The predicted molar refractivity (Wildman–Crippen MR) is 172 cm³/mol. The normalized spacial score (nSPS) is 20.7. The first kappa shape index (κ1) is 25.3. The topological polar surface area (TPSA) is 23.6 Å². The zero-order chi connectivity index (χ0) is 27.2. The van der Waals surface area contributed by atoms with E-state index in [0.717, 1.165) is 37.1 Å². The molecule has 0 N–H and O–H groups in total. The van der Waals surface area contributed by atoms with Crippen LogP contribution in [0.4, 0.5) is 11.4 Å². The molecule has 7 rings (SSSR count). The van der Waals surface area contributed by atoms with Crippen molar-refractivity contribution in [2.24, 2.45) is 0 Å². The molecule has 5 heteroatoms. The van der Waals surface area contributed by atoms with E-state index >= 15 is 0 Å². The van der Waals surface area contributed by atoms with Crippen molar-refractivity contribution in [1.82, 2.24) is 0 Å². The number of ketones is 1. The summed E-state index contributed by atoms with van der Waals surface area (Å²) in [6.07, 6.45) is 9.98. The Hall–Kier alpha value is -3.67. The van der Waals surface area contributed by atoms with Gasteiger partial charge < -0.3 is 9.80 Å². The number of thioether (sulfide) groups is 2. The van der Waals surface area contributed by atoms with Crippen molar-refractivity contribution < 1.29 is 4.79 Å². The number of hydrogen-bond donors (Lipinski definition) is 0. The maximum atomic E-state index is 13.4. The summed E-state index contributed by atoms with van der Waals surface area (Å²) in [5.41, 5.74) is 4.36. The van der Waals surface area contributed by atoms with Gasteiger partial charge in [-0.2, -0.15) is 0 Å². The second-order valence-corrected chi connectivity index (χ2v) is 12.3. The van der Waals surface area contributed by atoms with Gasteiger partial charge in [0.1, 0.15) is 0 Å². The van der Waals surface area contributed by atoms with Crippen LogP contribution in [-0.4, -0.2) is 18.9 Å². The lowest BCUT2D eigenvalue weighted by molar-refractivity contribution is -0.111. The van der Waals surface area contributed by atoms with Gasteiger partial charge in [-0.3, -0.25) is 4.79 Å². The smallest absolute Gasteiger partial charge is 0.185 e. The molecule has 0 saturated heterocycles. The van der Waals surface area contributed by atoms with Gasteiger partial charge in [-0.15, -0.1) is 0 Å². The highest BCUT2D eigenvalue weighted by Gasteiger charge is 2.28. The SMILES string of the molecule is CCN1C(=CC=C2CCC(=CC=C3Sc4ccc5ccccc5c4N3CC)C2=O)Sc2ccc3ccccc3c21. The molecule has 0 atom stereocenters. The van der Waals surface area contributed by atoms with Crippen molar-refractivity contribution in [3.63, 3.8) is 0 Å². The Labute approximate surface area is 243 Å². The molecule has 0 unspecified atom stereocenters. The molecular weight excluding hydrogens is 529 g/mol. The lowest BCUT2D eigenvalue weighted by atomic mass is 10.1. The molecule has 2 heterocycles. The molecule has 3 nitrogen and oxygen atoms in total. The Kier molecular flexibility index (Phi) is 6.57. The van der Waals surface area contributed by atoms with Gasteiger partial charge >= 0.3 is 0 Å². The minimum atomic E-state index is 0.178. The molecule has 0 spiro atoms. The number of carbonyl (C=O) groups excluding carboxylic acids is 1. The van der Waals surface area contributed by atoms with Crippen LogP contribution in [0.25, 0.3) is 21.5 Å². The quantitative estimate of drug-likeness (QED) is 0.232. The van der Waals surface area contributed by atoms with Crippen molar-refractivity contribution in [3.8, 4) is 0 Å². The van der Waals surface area contributed by atoms with E-state index in [4.69, 9.17) is 0 Å². The van der Waals surface area contributed by atoms with Gasteiger partial charge in [0.25, 0.3) is 0 Å². The fraction of sp³-hybridized carbons (Fsp3) is 0.171. The molecule has 4 aromatic carbocycles. The summed E-state index contributed by atoms with van der Waals surface area (Å²) < 4.78 is 0. The number of Topliss-reactive ketones (excluding diaryl/α,β-unsaturated/α-hetero) is 1. The highest BCUT2D eigenvalue weighted by atomic mass is 32.2. The molecule has 0 bridgehead atoms. The molecule has 0 radical (unpaired) electrons. The maximum absolute atomic E-state index is 13.4. The van der Waals surface area contributed by atoms with Crippen molar-refractivity contribution in [2.45, 2.75) is 36.5 Å². The second kappa shape index (κ2) is 10.4. The summed E-state index contributed by atoms with van der Waals surface area (Å²) in [5, 5.41) is 7.43. The number of nitrogens with zero attached hydrogens (tertiary/aromatic N) is 2. The number of rotatable bonds is 4. The van der Waals surface area contributed by atoms with E-state index in [0.29, 0.717) is 0 Å². The Morgan fingerprint density at radius 3 is 1.52 bits per heavy atom. The summed E-state index contributed by atoms with van der Waals surface area (Å²) >= 11 is 3.58. The van der Waals surface area contributed by atoms with Crippen LogP contribution in [-0.2, 0) is 4.79 Å². The Bertz CT molecular complexity index is 1680. The Balaban J connectivity index is 1.14. The van der Waals surface area contributed by atoms with Gasteiger partial charge in [0.15, 0.2) is 5.78 Å². The average Bonchev–Trinajstić information content (AvgIpc) is 3.66. The third-order valence-corrected chi connectivity index (χ3v) is 10.2. The number of carbonyl (C=O) groups is 1. The lowest BCUT2D eigenvalue weighted by Gasteiger charge is -2.19. The standard InChI is InChI=1S/C35H30N2OS2/c1-3-36-31(39-29-19-15-23-9-5-7-11-27(23)33(29)36)21-17-25-13-14-26(35(25)38)18-22-32-37(4-2)34-28-12-8-6-10-24(28)16-20-30(34)40-32/h5-12,15-22H,3-4,13-14H2,1-2H3. The van der Waals surface area contributed by atoms with E-state index in [1.165, 1.54) is 52.8 Å². The first-order valence-corrected chi connectivity index (χ1v) is 15.6. The summed E-state index contributed by atoms with van der Waals surface area (Å²) in [4.78, 5) is 20.7. The molecule has 3 aliphatic rings. The van der Waals surface area contributed by atoms with Crippen LogP contribution in [0, 0.1) is 0 Å². The van der Waals surface area contributed by atoms with E-state index in [9.17, 15) is 4.79 Å². The highest BCUT2D eigenvalue weighted by Crippen LogP contribution is 2.50. The molecule has 0 amide bonds. The van der Waals surface area contributed by atoms with Gasteiger partial charge in [-0.05, 0) is 61.7 Å². The Morgan fingerprint density at radius 2 is 1.07 bits per heavy atom. The summed E-state index contributed by atoms with van der Waals surface area (Å²) in [6, 6.07) is 26.0. The zero-order valence-electron chi connectivity index (χ0n) is 22.7. The van der Waals surface area contributed by atoms with Gasteiger partial charge in [0.2, 0.25) is 0 Å².